The molecule has 0 aliphatic carbocycles. The Balaban J connectivity index is 3.04. The summed E-state index contributed by atoms with van der Waals surface area (Å²) in [5.41, 5.74) is 4.63. The maximum absolute atomic E-state index is 13.0. The minimum atomic E-state index is -4.55. The van der Waals surface area contributed by atoms with Crippen LogP contribution in [-0.2, 0) is 10.0 Å². The van der Waals surface area contributed by atoms with Crippen LogP contribution < -0.4 is 10.5 Å². The zero-order valence-corrected chi connectivity index (χ0v) is 11.9. The van der Waals surface area contributed by atoms with E-state index in [9.17, 15) is 30.4 Å². The Labute approximate surface area is 119 Å². The van der Waals surface area contributed by atoms with E-state index in [4.69, 9.17) is 5.73 Å². The number of rotatable bonds is 5. The van der Waals surface area contributed by atoms with Crippen molar-refractivity contribution in [1.82, 2.24) is 4.72 Å². The molecule has 1 aromatic rings. The summed E-state index contributed by atoms with van der Waals surface area (Å²) in [5.74, 6) is -5.45. The topological polar surface area (TPSA) is 72.2 Å². The van der Waals surface area contributed by atoms with E-state index in [2.05, 4.69) is 15.9 Å². The van der Waals surface area contributed by atoms with Gasteiger partial charge < -0.3 is 5.73 Å². The Kier molecular flexibility index (Phi) is 4.98. The molecule has 0 aromatic heterocycles. The molecule has 0 fully saturated rings. The van der Waals surface area contributed by atoms with Crippen molar-refractivity contribution < 1.29 is 30.4 Å². The van der Waals surface area contributed by atoms with E-state index in [1.165, 1.54) is 4.72 Å². The molecule has 0 saturated heterocycles. The third-order valence-corrected chi connectivity index (χ3v) is 4.52. The van der Waals surface area contributed by atoms with Crippen molar-refractivity contribution in [3.05, 3.63) is 22.4 Å². The van der Waals surface area contributed by atoms with E-state index in [1.54, 1.807) is 0 Å². The summed E-state index contributed by atoms with van der Waals surface area (Å²) in [4.78, 5) is -0.638. The van der Waals surface area contributed by atoms with Gasteiger partial charge in [0.2, 0.25) is 10.0 Å². The Hall–Kier alpha value is -0.940. The number of nitrogens with two attached hydrogens (primary N) is 1. The van der Waals surface area contributed by atoms with Gasteiger partial charge in [0.15, 0.2) is 0 Å². The Bertz CT molecular complexity index is 609. The zero-order valence-electron chi connectivity index (χ0n) is 9.51. The number of nitrogen functional groups attached to an aromatic ring is 1. The van der Waals surface area contributed by atoms with Crippen LogP contribution in [0.1, 0.15) is 0 Å². The molecule has 0 heterocycles. The predicted molar refractivity (Wildman–Crippen MR) is 64.7 cm³/mol. The fourth-order valence-corrected chi connectivity index (χ4v) is 3.19. The molecule has 0 amide bonds. The molecule has 1 rings (SSSR count). The summed E-state index contributed by atoms with van der Waals surface area (Å²) in [6.45, 7) is -1.79. The molecule has 114 valence electrons. The normalized spacial score (nSPS) is 12.9. The quantitative estimate of drug-likeness (QED) is 0.606. The van der Waals surface area contributed by atoms with Gasteiger partial charge in [-0.1, -0.05) is 0 Å². The molecule has 0 bridgehead atoms. The second-order valence-corrected chi connectivity index (χ2v) is 6.28. The molecule has 0 saturated carbocycles. The van der Waals surface area contributed by atoms with Gasteiger partial charge in [-0.25, -0.2) is 26.3 Å². The number of alkyl halides is 4. The van der Waals surface area contributed by atoms with Gasteiger partial charge >= 0.3 is 12.3 Å². The van der Waals surface area contributed by atoms with E-state index in [-0.39, 0.29) is 4.47 Å². The van der Waals surface area contributed by atoms with Crippen molar-refractivity contribution in [1.29, 1.82) is 0 Å². The van der Waals surface area contributed by atoms with Crippen molar-refractivity contribution in [3.63, 3.8) is 0 Å². The highest BCUT2D eigenvalue weighted by Gasteiger charge is 2.41. The Morgan fingerprint density at radius 2 is 1.90 bits per heavy atom. The van der Waals surface area contributed by atoms with Crippen LogP contribution >= 0.6 is 15.9 Å². The van der Waals surface area contributed by atoms with Crippen molar-refractivity contribution in [2.45, 2.75) is 17.2 Å². The highest BCUT2D eigenvalue weighted by Crippen LogP contribution is 2.28. The van der Waals surface area contributed by atoms with E-state index < -0.39 is 45.3 Å². The van der Waals surface area contributed by atoms with Crippen LogP contribution in [0, 0.1) is 5.82 Å². The monoisotopic (exact) mass is 382 g/mol. The standard InChI is InChI=1S/C9H8BrF5N2O2S/c10-4-1-5(11)6(16)2-7(4)20(18,19)17-3-9(14,15)8(12)13/h1-2,8,17H,3,16H2. The van der Waals surface area contributed by atoms with Crippen LogP contribution in [0.2, 0.25) is 0 Å². The molecule has 0 atom stereocenters. The smallest absolute Gasteiger partial charge is 0.320 e. The molecule has 0 spiro atoms. The maximum atomic E-state index is 13.0. The van der Waals surface area contributed by atoms with Crippen LogP contribution in [0.15, 0.2) is 21.5 Å². The number of sulfonamides is 1. The Morgan fingerprint density at radius 3 is 2.40 bits per heavy atom. The van der Waals surface area contributed by atoms with Crippen LogP contribution in [0.25, 0.3) is 0 Å². The number of nitrogens with one attached hydrogen (secondary N) is 1. The second-order valence-electron chi connectivity index (χ2n) is 3.69. The molecule has 3 N–H and O–H groups in total. The molecular weight excluding hydrogens is 375 g/mol. The first-order valence-corrected chi connectivity index (χ1v) is 7.15. The lowest BCUT2D eigenvalue weighted by Crippen LogP contribution is -2.41. The first-order valence-electron chi connectivity index (χ1n) is 4.87. The largest absolute Gasteiger partial charge is 0.396 e. The lowest BCUT2D eigenvalue weighted by molar-refractivity contribution is -0.122. The molecule has 0 aliphatic heterocycles. The van der Waals surface area contributed by atoms with Gasteiger partial charge in [-0.05, 0) is 28.1 Å². The molecule has 0 aliphatic rings. The fraction of sp³-hybridized carbons (Fsp3) is 0.333. The third kappa shape index (κ3) is 3.79. The van der Waals surface area contributed by atoms with E-state index in [1.807, 2.05) is 0 Å². The van der Waals surface area contributed by atoms with E-state index in [0.29, 0.717) is 6.07 Å². The van der Waals surface area contributed by atoms with Gasteiger partial charge in [-0.2, -0.15) is 8.78 Å². The first kappa shape index (κ1) is 17.1. The van der Waals surface area contributed by atoms with Crippen LogP contribution in [0.5, 0.6) is 0 Å². The fourth-order valence-electron chi connectivity index (χ4n) is 1.10. The number of anilines is 1. The summed E-state index contributed by atoms with van der Waals surface area (Å²) >= 11 is 2.72. The molecular formula is C9H8BrF5N2O2S. The summed E-state index contributed by atoms with van der Waals surface area (Å²) in [5, 5.41) is 0. The van der Waals surface area contributed by atoms with Crippen LogP contribution in [0.4, 0.5) is 27.6 Å². The number of hydrogen-bond acceptors (Lipinski definition) is 3. The number of hydrogen-bond donors (Lipinski definition) is 2. The summed E-state index contributed by atoms with van der Waals surface area (Å²) < 4.78 is 86.6. The van der Waals surface area contributed by atoms with Crippen molar-refractivity contribution in [2.24, 2.45) is 0 Å². The lowest BCUT2D eigenvalue weighted by atomic mass is 10.3. The minimum Gasteiger partial charge on any atom is -0.396 e. The average Bonchev–Trinajstić information content (AvgIpc) is 2.31. The van der Waals surface area contributed by atoms with Crippen molar-refractivity contribution >= 4 is 31.6 Å². The molecule has 20 heavy (non-hydrogen) atoms. The first-order chi connectivity index (χ1) is 8.97. The maximum Gasteiger partial charge on any atom is 0.320 e. The van der Waals surface area contributed by atoms with E-state index >= 15 is 0 Å². The van der Waals surface area contributed by atoms with E-state index in [0.717, 1.165) is 6.07 Å². The number of benzene rings is 1. The number of halogens is 6. The third-order valence-electron chi connectivity index (χ3n) is 2.16. The summed E-state index contributed by atoms with van der Waals surface area (Å²) in [6.07, 6.45) is -4.02. The predicted octanol–water partition coefficient (Wildman–Crippen LogP) is 2.35. The summed E-state index contributed by atoms with van der Waals surface area (Å²) in [7, 11) is -4.55. The summed E-state index contributed by atoms with van der Waals surface area (Å²) in [6, 6.07) is 1.40. The van der Waals surface area contributed by atoms with Crippen molar-refractivity contribution in [3.8, 4) is 0 Å². The molecule has 0 radical (unpaired) electrons. The average molecular weight is 383 g/mol. The Morgan fingerprint density at radius 1 is 1.35 bits per heavy atom. The van der Waals surface area contributed by atoms with Gasteiger partial charge in [0, 0.05) is 4.47 Å². The zero-order chi connectivity index (χ0) is 15.7. The van der Waals surface area contributed by atoms with Gasteiger partial charge in [0.25, 0.3) is 0 Å². The molecule has 0 unspecified atom stereocenters. The SMILES string of the molecule is Nc1cc(S(=O)(=O)NCC(F)(F)C(F)F)c(Br)cc1F. The molecule has 4 nitrogen and oxygen atoms in total. The lowest BCUT2D eigenvalue weighted by Gasteiger charge is -2.16. The minimum absolute atomic E-state index is 0.280. The van der Waals surface area contributed by atoms with Gasteiger partial charge in [-0.15, -0.1) is 0 Å². The van der Waals surface area contributed by atoms with Gasteiger partial charge in [0.05, 0.1) is 17.1 Å². The second kappa shape index (κ2) is 5.82. The van der Waals surface area contributed by atoms with Gasteiger partial charge in [-0.3, -0.25) is 0 Å². The highest BCUT2D eigenvalue weighted by molar-refractivity contribution is 9.10. The highest BCUT2D eigenvalue weighted by atomic mass is 79.9. The molecule has 11 heteroatoms. The van der Waals surface area contributed by atoms with Crippen LogP contribution in [-0.4, -0.2) is 27.3 Å². The molecule has 1 aromatic carbocycles. The van der Waals surface area contributed by atoms with Crippen LogP contribution in [0.3, 0.4) is 0 Å². The van der Waals surface area contributed by atoms with Gasteiger partial charge in [0.1, 0.15) is 5.82 Å². The van der Waals surface area contributed by atoms with Crippen molar-refractivity contribution in [2.75, 3.05) is 12.3 Å².